The number of oxime groups is 2. The van der Waals surface area contributed by atoms with Crippen molar-refractivity contribution in [1.29, 1.82) is 0 Å². The van der Waals surface area contributed by atoms with Crippen molar-refractivity contribution in [1.82, 2.24) is 30.2 Å². The van der Waals surface area contributed by atoms with Crippen molar-refractivity contribution in [3.8, 4) is 0 Å². The monoisotopic (exact) mass is 614 g/mol. The highest BCUT2D eigenvalue weighted by Crippen LogP contribution is 2.33. The Labute approximate surface area is 265 Å². The van der Waals surface area contributed by atoms with Crippen molar-refractivity contribution in [2.75, 3.05) is 26.2 Å². The van der Waals surface area contributed by atoms with Crippen LogP contribution in [0.2, 0.25) is 0 Å². The van der Waals surface area contributed by atoms with Gasteiger partial charge >= 0.3 is 0 Å². The van der Waals surface area contributed by atoms with Crippen LogP contribution in [-0.2, 0) is 22.5 Å². The number of nitrogens with zero attached hydrogens (tertiary/aromatic N) is 7. The summed E-state index contributed by atoms with van der Waals surface area (Å²) in [5.74, 6) is 1.53. The van der Waals surface area contributed by atoms with E-state index in [-0.39, 0.29) is 30.7 Å². The zero-order valence-corrected chi connectivity index (χ0v) is 25.9. The van der Waals surface area contributed by atoms with Crippen LogP contribution in [0.5, 0.6) is 0 Å². The molecule has 0 saturated carbocycles. The largest absolute Gasteiger partial charge is 0.390 e. The second-order valence-electron chi connectivity index (χ2n) is 10.6. The summed E-state index contributed by atoms with van der Waals surface area (Å²) >= 11 is 0. The van der Waals surface area contributed by atoms with E-state index in [1.165, 1.54) is 11.1 Å². The van der Waals surface area contributed by atoms with Crippen molar-refractivity contribution in [2.45, 2.75) is 44.9 Å². The van der Waals surface area contributed by atoms with E-state index < -0.39 is 0 Å². The lowest BCUT2D eigenvalue weighted by molar-refractivity contribution is -0.0652. The lowest BCUT2D eigenvalue weighted by Crippen LogP contribution is -2.53. The molecule has 44 heavy (non-hydrogen) atoms. The van der Waals surface area contributed by atoms with Crippen molar-refractivity contribution in [3.63, 3.8) is 0 Å². The summed E-state index contributed by atoms with van der Waals surface area (Å²) < 4.78 is 0. The van der Waals surface area contributed by atoms with Gasteiger partial charge in [-0.05, 0) is 37.1 Å². The first-order valence-electron chi connectivity index (χ1n) is 14.6. The minimum atomic E-state index is 0. The van der Waals surface area contributed by atoms with Gasteiger partial charge in [-0.15, -0.1) is 12.4 Å². The number of benzene rings is 2. The van der Waals surface area contributed by atoms with Gasteiger partial charge in [0.15, 0.2) is 12.2 Å². The van der Waals surface area contributed by atoms with Crippen molar-refractivity contribution in [2.24, 2.45) is 10.3 Å². The molecule has 2 aliphatic rings. The Bertz CT molecular complexity index is 1400. The highest BCUT2D eigenvalue weighted by molar-refractivity contribution is 5.85. The predicted octanol–water partition coefficient (Wildman–Crippen LogP) is 4.69. The summed E-state index contributed by atoms with van der Waals surface area (Å²) in [5.41, 5.74) is 4.38. The molecule has 2 fully saturated rings. The first kappa shape index (κ1) is 32.7. The van der Waals surface area contributed by atoms with Crippen molar-refractivity contribution >= 4 is 23.8 Å². The van der Waals surface area contributed by atoms with Crippen molar-refractivity contribution < 1.29 is 9.68 Å². The number of likely N-dealkylation sites (tertiary alicyclic amines) is 1. The molecular formula is C33H39ClN8O2. The molecule has 1 N–H and O–H groups in total. The molecule has 4 heterocycles. The average molecular weight is 615 g/mol. The Morgan fingerprint density at radius 2 is 1.14 bits per heavy atom. The highest BCUT2D eigenvalue weighted by Gasteiger charge is 2.35. The molecule has 11 heteroatoms. The zero-order chi connectivity index (χ0) is 29.7. The Hall–Kier alpha value is -4.25. The number of rotatable bonds is 11. The SMILES string of the molecule is C/C(Cc1ncccn1)=N\OC1CN(C(c2ccccc2)c2ccccc2)C1.C/C(Cc1ncccn1)=N\OC1CNC1.Cl. The first-order valence-corrected chi connectivity index (χ1v) is 14.6. The molecule has 0 amide bonds. The summed E-state index contributed by atoms with van der Waals surface area (Å²) in [5, 5.41) is 11.4. The predicted molar refractivity (Wildman–Crippen MR) is 174 cm³/mol. The van der Waals surface area contributed by atoms with Crippen LogP contribution < -0.4 is 5.32 Å². The van der Waals surface area contributed by atoms with Gasteiger partial charge in [0.1, 0.15) is 11.6 Å². The third kappa shape index (κ3) is 9.90. The third-order valence-corrected chi connectivity index (χ3v) is 7.00. The van der Waals surface area contributed by atoms with Gasteiger partial charge in [0, 0.05) is 63.8 Å². The fourth-order valence-corrected chi connectivity index (χ4v) is 4.66. The normalized spacial score (nSPS) is 15.7. The number of hydrogen-bond acceptors (Lipinski definition) is 10. The van der Waals surface area contributed by atoms with Crippen LogP contribution in [-0.4, -0.2) is 74.6 Å². The van der Waals surface area contributed by atoms with E-state index in [1.54, 1.807) is 30.9 Å². The molecule has 0 bridgehead atoms. The second kappa shape index (κ2) is 17.1. The van der Waals surface area contributed by atoms with Crippen LogP contribution in [0.1, 0.15) is 42.7 Å². The van der Waals surface area contributed by atoms with E-state index in [4.69, 9.17) is 9.68 Å². The quantitative estimate of drug-likeness (QED) is 0.191. The lowest BCUT2D eigenvalue weighted by atomic mass is 9.94. The smallest absolute Gasteiger partial charge is 0.152 e. The molecule has 2 saturated heterocycles. The van der Waals surface area contributed by atoms with Gasteiger partial charge < -0.3 is 15.0 Å². The van der Waals surface area contributed by atoms with Gasteiger partial charge in [0.2, 0.25) is 0 Å². The van der Waals surface area contributed by atoms with Crippen LogP contribution in [0, 0.1) is 0 Å². The minimum Gasteiger partial charge on any atom is -0.390 e. The van der Waals surface area contributed by atoms with Crippen LogP contribution in [0.4, 0.5) is 0 Å². The van der Waals surface area contributed by atoms with Crippen LogP contribution in [0.25, 0.3) is 0 Å². The van der Waals surface area contributed by atoms with E-state index in [1.807, 2.05) is 19.9 Å². The van der Waals surface area contributed by atoms with Gasteiger partial charge in [0.05, 0.1) is 17.5 Å². The molecule has 2 aromatic carbocycles. The highest BCUT2D eigenvalue weighted by atomic mass is 35.5. The van der Waals surface area contributed by atoms with Crippen LogP contribution in [0.15, 0.2) is 108 Å². The number of hydrogen-bond donors (Lipinski definition) is 1. The summed E-state index contributed by atoms with van der Waals surface area (Å²) in [6.45, 7) is 7.35. The van der Waals surface area contributed by atoms with E-state index in [2.05, 4.69) is 101 Å². The molecule has 0 atom stereocenters. The van der Waals surface area contributed by atoms with E-state index in [0.29, 0.717) is 12.8 Å². The fraction of sp³-hybridized carbons (Fsp3) is 0.333. The molecule has 0 radical (unpaired) electrons. The topological polar surface area (TPSA) is 110 Å². The van der Waals surface area contributed by atoms with Crippen LogP contribution in [0.3, 0.4) is 0 Å². The van der Waals surface area contributed by atoms with E-state index >= 15 is 0 Å². The molecule has 230 valence electrons. The molecule has 4 aromatic rings. The van der Waals surface area contributed by atoms with Gasteiger partial charge in [-0.25, -0.2) is 19.9 Å². The molecule has 10 nitrogen and oxygen atoms in total. The second-order valence-corrected chi connectivity index (χ2v) is 10.6. The van der Waals surface area contributed by atoms with Crippen LogP contribution >= 0.6 is 12.4 Å². The average Bonchev–Trinajstić information content (AvgIpc) is 3.00. The first-order chi connectivity index (χ1) is 21.1. The van der Waals surface area contributed by atoms with Gasteiger partial charge in [-0.1, -0.05) is 71.0 Å². The molecule has 0 spiro atoms. The molecule has 0 aliphatic carbocycles. The molecule has 0 unspecified atom stereocenters. The fourth-order valence-electron chi connectivity index (χ4n) is 4.66. The number of aromatic nitrogens is 4. The van der Waals surface area contributed by atoms with Crippen molar-refractivity contribution in [3.05, 3.63) is 120 Å². The summed E-state index contributed by atoms with van der Waals surface area (Å²) in [7, 11) is 0. The maximum Gasteiger partial charge on any atom is 0.152 e. The number of nitrogens with one attached hydrogen (secondary N) is 1. The Balaban J connectivity index is 0.000000234. The maximum atomic E-state index is 5.75. The molecule has 2 aromatic heterocycles. The zero-order valence-electron chi connectivity index (χ0n) is 25.1. The maximum absolute atomic E-state index is 5.75. The Kier molecular flexibility index (Phi) is 12.7. The minimum absolute atomic E-state index is 0. The third-order valence-electron chi connectivity index (χ3n) is 7.00. The Morgan fingerprint density at radius 1 is 0.705 bits per heavy atom. The standard InChI is InChI=1S/C23H24N4O.C10H14N4O.ClH/c1-18(15-22-24-13-8-14-25-22)26-28-21-16-27(17-21)23(19-9-4-2-5-10-19)20-11-6-3-7-12-20;1-8(14-15-9-6-11-7-9)5-10-12-3-2-4-13-10;/h2-14,21,23H,15-17H2,1H3;2-4,9,11H,5-7H2,1H3;1H/b26-18+;14-8+;. The number of halogens is 1. The molecule has 2 aliphatic heterocycles. The summed E-state index contributed by atoms with van der Waals surface area (Å²) in [6, 6.07) is 25.1. The lowest BCUT2D eigenvalue weighted by Gasteiger charge is -2.43. The molecule has 6 rings (SSSR count). The summed E-state index contributed by atoms with van der Waals surface area (Å²) in [6.07, 6.45) is 8.53. The molecular weight excluding hydrogens is 576 g/mol. The van der Waals surface area contributed by atoms with Gasteiger partial charge in [0.25, 0.3) is 0 Å². The Morgan fingerprint density at radius 3 is 1.55 bits per heavy atom. The van der Waals surface area contributed by atoms with E-state index in [0.717, 1.165) is 49.3 Å². The van der Waals surface area contributed by atoms with Gasteiger partial charge in [-0.2, -0.15) is 0 Å². The summed E-state index contributed by atoms with van der Waals surface area (Å²) in [4.78, 5) is 30.2. The van der Waals surface area contributed by atoms with Gasteiger partial charge in [-0.3, -0.25) is 4.90 Å². The van der Waals surface area contributed by atoms with E-state index in [9.17, 15) is 0 Å².